The van der Waals surface area contributed by atoms with E-state index >= 15 is 0 Å². The quantitative estimate of drug-likeness (QED) is 0.863. The van der Waals surface area contributed by atoms with Gasteiger partial charge in [0.2, 0.25) is 0 Å². The minimum absolute atomic E-state index is 0.496. The Bertz CT molecular complexity index is 517. The first kappa shape index (κ1) is 12.8. The molecule has 0 saturated carbocycles. The van der Waals surface area contributed by atoms with Crippen molar-refractivity contribution in [3.05, 3.63) is 23.2 Å². The fraction of sp³-hybridized carbons (Fsp3) is 0.417. The van der Waals surface area contributed by atoms with Crippen LogP contribution < -0.4 is 5.73 Å². The van der Waals surface area contributed by atoms with Crippen LogP contribution >= 0.6 is 11.6 Å². The largest absolute Gasteiger partial charge is 0.398 e. The second-order valence-electron chi connectivity index (χ2n) is 4.40. The molecule has 5 nitrogen and oxygen atoms in total. The predicted molar refractivity (Wildman–Crippen MR) is 72.1 cm³/mol. The molecule has 2 N–H and O–H groups in total. The summed E-state index contributed by atoms with van der Waals surface area (Å²) >= 11 is 6.17. The Morgan fingerprint density at radius 3 is 2.89 bits per heavy atom. The van der Waals surface area contributed by atoms with Gasteiger partial charge in [-0.3, -0.25) is 0 Å². The monoisotopic (exact) mass is 265 g/mol. The molecule has 18 heavy (non-hydrogen) atoms. The van der Waals surface area contributed by atoms with E-state index in [0.717, 1.165) is 13.0 Å². The summed E-state index contributed by atoms with van der Waals surface area (Å²) in [5.74, 6) is 1.12. The molecule has 96 valence electrons. The average Bonchev–Trinajstić information content (AvgIpc) is 2.77. The maximum atomic E-state index is 6.17. The minimum atomic E-state index is 0.496. The lowest BCUT2D eigenvalue weighted by atomic mass is 10.1. The summed E-state index contributed by atoms with van der Waals surface area (Å²) in [6.45, 7) is 5.05. The molecular weight excluding hydrogens is 250 g/mol. The van der Waals surface area contributed by atoms with Gasteiger partial charge in [-0.1, -0.05) is 37.9 Å². The van der Waals surface area contributed by atoms with Gasteiger partial charge >= 0.3 is 0 Å². The number of nitrogens with two attached hydrogens (primary N) is 1. The number of nitrogens with zero attached hydrogens (tertiary/aromatic N) is 4. The maximum absolute atomic E-state index is 6.17. The van der Waals surface area contributed by atoms with E-state index in [2.05, 4.69) is 29.4 Å². The normalized spacial score (nSPS) is 12.6. The molecular formula is C12H16ClN5. The lowest BCUT2D eigenvalue weighted by Crippen LogP contribution is -2.10. The molecule has 0 saturated heterocycles. The van der Waals surface area contributed by atoms with Gasteiger partial charge < -0.3 is 5.73 Å². The zero-order valence-electron chi connectivity index (χ0n) is 10.5. The lowest BCUT2D eigenvalue weighted by molar-refractivity contribution is 0.434. The van der Waals surface area contributed by atoms with E-state index in [0.29, 0.717) is 28.0 Å². The van der Waals surface area contributed by atoms with Gasteiger partial charge in [0.1, 0.15) is 0 Å². The molecule has 0 fully saturated rings. The van der Waals surface area contributed by atoms with Gasteiger partial charge in [0.15, 0.2) is 5.82 Å². The number of halogens is 1. The molecule has 6 heteroatoms. The van der Waals surface area contributed by atoms with Crippen molar-refractivity contribution < 1.29 is 0 Å². The third-order valence-corrected chi connectivity index (χ3v) is 3.30. The molecule has 0 spiro atoms. The second-order valence-corrected chi connectivity index (χ2v) is 4.81. The Morgan fingerprint density at radius 1 is 1.44 bits per heavy atom. The van der Waals surface area contributed by atoms with Crippen LogP contribution in [0.4, 0.5) is 5.69 Å². The SMILES string of the molecule is CCC(C)Cn1nnnc1-c1c(N)cccc1Cl. The van der Waals surface area contributed by atoms with Crippen molar-refractivity contribution in [2.75, 3.05) is 5.73 Å². The lowest BCUT2D eigenvalue weighted by Gasteiger charge is -2.11. The van der Waals surface area contributed by atoms with E-state index in [4.69, 9.17) is 17.3 Å². The van der Waals surface area contributed by atoms with E-state index in [1.54, 1.807) is 16.8 Å². The smallest absolute Gasteiger partial charge is 0.185 e. The standard InChI is InChI=1S/C12H16ClN5/c1-3-8(2)7-18-12(15-16-17-18)11-9(13)5-4-6-10(11)14/h4-6,8H,3,7,14H2,1-2H3. The van der Waals surface area contributed by atoms with Crippen molar-refractivity contribution in [3.63, 3.8) is 0 Å². The van der Waals surface area contributed by atoms with Gasteiger partial charge in [-0.2, -0.15) is 0 Å². The van der Waals surface area contributed by atoms with Gasteiger partial charge in [0.25, 0.3) is 0 Å². The van der Waals surface area contributed by atoms with Crippen molar-refractivity contribution in [2.45, 2.75) is 26.8 Å². The second kappa shape index (κ2) is 5.35. The van der Waals surface area contributed by atoms with Crippen LogP contribution in [0.15, 0.2) is 18.2 Å². The topological polar surface area (TPSA) is 69.6 Å². The van der Waals surface area contributed by atoms with E-state index < -0.39 is 0 Å². The first-order chi connectivity index (χ1) is 8.63. The molecule has 0 aliphatic rings. The van der Waals surface area contributed by atoms with Crippen LogP contribution in [0.1, 0.15) is 20.3 Å². The van der Waals surface area contributed by atoms with E-state index in [1.165, 1.54) is 0 Å². The van der Waals surface area contributed by atoms with Gasteiger partial charge in [-0.25, -0.2) is 4.68 Å². The maximum Gasteiger partial charge on any atom is 0.185 e. The number of benzene rings is 1. The molecule has 1 aromatic heterocycles. The van der Waals surface area contributed by atoms with Crippen LogP contribution in [0.5, 0.6) is 0 Å². The van der Waals surface area contributed by atoms with Crippen LogP contribution in [-0.2, 0) is 6.54 Å². The molecule has 1 aromatic carbocycles. The van der Waals surface area contributed by atoms with Crippen molar-refractivity contribution >= 4 is 17.3 Å². The van der Waals surface area contributed by atoms with Crippen LogP contribution in [0.25, 0.3) is 11.4 Å². The molecule has 2 aromatic rings. The van der Waals surface area contributed by atoms with Crippen LogP contribution in [0.2, 0.25) is 5.02 Å². The molecule has 1 heterocycles. The average molecular weight is 266 g/mol. The summed E-state index contributed by atoms with van der Waals surface area (Å²) in [5.41, 5.74) is 7.24. The van der Waals surface area contributed by atoms with Crippen molar-refractivity contribution in [2.24, 2.45) is 5.92 Å². The fourth-order valence-electron chi connectivity index (χ4n) is 1.71. The number of tetrazole rings is 1. The van der Waals surface area contributed by atoms with Crippen LogP contribution in [-0.4, -0.2) is 20.2 Å². The van der Waals surface area contributed by atoms with E-state index in [9.17, 15) is 0 Å². The molecule has 2 rings (SSSR count). The third kappa shape index (κ3) is 2.46. The highest BCUT2D eigenvalue weighted by Crippen LogP contribution is 2.31. The van der Waals surface area contributed by atoms with Gasteiger partial charge in [-0.15, -0.1) is 5.10 Å². The highest BCUT2D eigenvalue weighted by Gasteiger charge is 2.16. The van der Waals surface area contributed by atoms with E-state index in [-0.39, 0.29) is 0 Å². The molecule has 1 unspecified atom stereocenters. The Hall–Kier alpha value is -1.62. The van der Waals surface area contributed by atoms with Crippen LogP contribution in [0.3, 0.4) is 0 Å². The fourth-order valence-corrected chi connectivity index (χ4v) is 1.97. The third-order valence-electron chi connectivity index (χ3n) is 2.98. The highest BCUT2D eigenvalue weighted by atomic mass is 35.5. The number of rotatable bonds is 4. The van der Waals surface area contributed by atoms with Gasteiger partial charge in [0, 0.05) is 12.2 Å². The van der Waals surface area contributed by atoms with Gasteiger partial charge in [0.05, 0.1) is 10.6 Å². The molecule has 0 bridgehead atoms. The van der Waals surface area contributed by atoms with Crippen molar-refractivity contribution in [3.8, 4) is 11.4 Å². The minimum Gasteiger partial charge on any atom is -0.398 e. The van der Waals surface area contributed by atoms with Crippen LogP contribution in [0, 0.1) is 5.92 Å². The summed E-state index contributed by atoms with van der Waals surface area (Å²) < 4.78 is 1.76. The summed E-state index contributed by atoms with van der Waals surface area (Å²) in [6.07, 6.45) is 1.07. The number of anilines is 1. The zero-order chi connectivity index (χ0) is 13.1. The first-order valence-electron chi connectivity index (χ1n) is 5.94. The molecule has 0 aliphatic heterocycles. The number of nitrogen functional groups attached to an aromatic ring is 1. The molecule has 0 amide bonds. The number of hydrogen-bond acceptors (Lipinski definition) is 4. The number of hydrogen-bond donors (Lipinski definition) is 1. The Labute approximate surface area is 111 Å². The van der Waals surface area contributed by atoms with Crippen molar-refractivity contribution in [1.29, 1.82) is 0 Å². The first-order valence-corrected chi connectivity index (χ1v) is 6.31. The Balaban J connectivity index is 2.43. The number of aromatic nitrogens is 4. The zero-order valence-corrected chi connectivity index (χ0v) is 11.2. The highest BCUT2D eigenvalue weighted by molar-refractivity contribution is 6.33. The predicted octanol–water partition coefficient (Wildman–Crippen LogP) is 2.62. The molecule has 0 aliphatic carbocycles. The summed E-state index contributed by atoms with van der Waals surface area (Å²) in [6, 6.07) is 5.39. The summed E-state index contributed by atoms with van der Waals surface area (Å²) in [7, 11) is 0. The summed E-state index contributed by atoms with van der Waals surface area (Å²) in [5, 5.41) is 12.3. The van der Waals surface area contributed by atoms with E-state index in [1.807, 2.05) is 6.07 Å². The Morgan fingerprint density at radius 2 is 2.22 bits per heavy atom. The molecule has 0 radical (unpaired) electrons. The summed E-state index contributed by atoms with van der Waals surface area (Å²) in [4.78, 5) is 0. The Kier molecular flexibility index (Phi) is 3.81. The molecule has 1 atom stereocenters. The van der Waals surface area contributed by atoms with Crippen molar-refractivity contribution in [1.82, 2.24) is 20.2 Å². The van der Waals surface area contributed by atoms with Gasteiger partial charge in [-0.05, 0) is 28.5 Å².